The standard InChI is InChI=1S/C45H45N3O2.Pt/c1-26(2)30-21-31(43-47-41-37-14-12-28(4)29(5)36(37)16-17-45(41,9)50-43)23-35(22-30)49-34-20-27(3)19-33(25-34)48-40-15-13-32(44(6,7)8)24-39(40)38-11-10-18-46-42(38)48;/h10-15,18-22,24,26,41H,16-17H2,1-9H3;/q-2;+2/t41-,45+;/m1./s1/i16D2;. The molecule has 0 saturated carbocycles. The van der Waals surface area contributed by atoms with Crippen LogP contribution in [0.2, 0.25) is 0 Å². The molecule has 0 radical (unpaired) electrons. The van der Waals surface area contributed by atoms with Gasteiger partial charge < -0.3 is 14.0 Å². The van der Waals surface area contributed by atoms with Crippen molar-refractivity contribution >= 4 is 27.8 Å². The maximum atomic E-state index is 9.05. The molecule has 4 aromatic carbocycles. The number of benzene rings is 4. The molecule has 6 aromatic rings. The van der Waals surface area contributed by atoms with Crippen LogP contribution in [0.1, 0.15) is 107 Å². The Balaban J connectivity index is 0.00000435. The van der Waals surface area contributed by atoms with Gasteiger partial charge in [0.25, 0.3) is 0 Å². The summed E-state index contributed by atoms with van der Waals surface area (Å²) in [4.78, 5) is 9.97. The van der Waals surface area contributed by atoms with Gasteiger partial charge in [0.1, 0.15) is 23.2 Å². The van der Waals surface area contributed by atoms with Crippen LogP contribution in [0.3, 0.4) is 0 Å². The first-order chi connectivity index (χ1) is 24.5. The molecule has 1 aliphatic heterocycles. The third-order valence-electron chi connectivity index (χ3n) is 10.4. The first-order valence-electron chi connectivity index (χ1n) is 18.6. The summed E-state index contributed by atoms with van der Waals surface area (Å²) in [5, 5.41) is 2.25. The van der Waals surface area contributed by atoms with Crippen LogP contribution in [0.5, 0.6) is 11.5 Å². The van der Waals surface area contributed by atoms with Crippen LogP contribution < -0.4 is 4.74 Å². The SMILES string of the molecule is [2H]C1([2H])C[C@]2(C)OC(c3[c-]c(Oc4[c-]c(-n5c6ccc(C(C)(C)C)cc6c6cccnc65)cc(C)c4)cc(C(C)C)c3)=N[C@@H]2c2ccc(C)c(C)c21.[Pt+2]. The zero-order valence-corrected chi connectivity index (χ0v) is 33.0. The molecule has 8 rings (SSSR count). The van der Waals surface area contributed by atoms with Gasteiger partial charge >= 0.3 is 21.1 Å². The fourth-order valence-corrected chi connectivity index (χ4v) is 7.36. The number of nitrogens with zero attached hydrogens (tertiary/aromatic N) is 3. The quantitative estimate of drug-likeness (QED) is 0.162. The molecular formula is C45H45N3O2Pt. The Morgan fingerprint density at radius 3 is 2.53 bits per heavy atom. The van der Waals surface area contributed by atoms with Crippen LogP contribution in [-0.4, -0.2) is 21.0 Å². The molecule has 1 aliphatic carbocycles. The van der Waals surface area contributed by atoms with E-state index >= 15 is 0 Å². The van der Waals surface area contributed by atoms with Crippen LogP contribution in [0.4, 0.5) is 0 Å². The van der Waals surface area contributed by atoms with Crippen LogP contribution in [0.15, 0.2) is 77.9 Å². The number of pyridine rings is 1. The molecule has 2 atom stereocenters. The second-order valence-electron chi connectivity index (χ2n) is 15.6. The molecule has 0 N–H and O–H groups in total. The molecule has 0 fully saturated rings. The minimum absolute atomic E-state index is 0. The van der Waals surface area contributed by atoms with Gasteiger partial charge in [-0.1, -0.05) is 83.1 Å². The molecule has 0 spiro atoms. The summed E-state index contributed by atoms with van der Waals surface area (Å²) in [6.07, 6.45) is 0.500. The Labute approximate surface area is 319 Å². The van der Waals surface area contributed by atoms with Crippen molar-refractivity contribution in [2.24, 2.45) is 4.99 Å². The van der Waals surface area contributed by atoms with Crippen molar-refractivity contribution in [2.45, 2.75) is 98.1 Å². The second-order valence-corrected chi connectivity index (χ2v) is 15.6. The number of hydrogen-bond acceptors (Lipinski definition) is 4. The molecule has 0 amide bonds. The molecule has 262 valence electrons. The third-order valence-corrected chi connectivity index (χ3v) is 10.4. The minimum atomic E-state index is -1.54. The molecule has 2 aromatic heterocycles. The number of rotatable bonds is 5. The number of aliphatic imine (C=N–C) groups is 1. The maximum absolute atomic E-state index is 9.05. The molecule has 0 saturated heterocycles. The normalized spacial score (nSPS) is 19.9. The predicted molar refractivity (Wildman–Crippen MR) is 203 cm³/mol. The van der Waals surface area contributed by atoms with E-state index in [0.29, 0.717) is 23.0 Å². The van der Waals surface area contributed by atoms with Gasteiger partial charge in [0.2, 0.25) is 0 Å². The van der Waals surface area contributed by atoms with Crippen LogP contribution in [0.25, 0.3) is 27.6 Å². The summed E-state index contributed by atoms with van der Waals surface area (Å²) in [7, 11) is 0. The number of aromatic nitrogens is 2. The zero-order valence-electron chi connectivity index (χ0n) is 32.8. The molecule has 51 heavy (non-hydrogen) atoms. The number of hydrogen-bond donors (Lipinski definition) is 0. The van der Waals surface area contributed by atoms with Crippen molar-refractivity contribution < 1.29 is 33.3 Å². The van der Waals surface area contributed by atoms with E-state index in [2.05, 4.69) is 101 Å². The fraction of sp³-hybridized carbons (Fsp3) is 0.333. The van der Waals surface area contributed by atoms with E-state index in [1.165, 1.54) is 5.56 Å². The van der Waals surface area contributed by atoms with Crippen LogP contribution in [-0.2, 0) is 37.6 Å². The Hall–Kier alpha value is -4.21. The number of fused-ring (bicyclic) bond motifs is 6. The van der Waals surface area contributed by atoms with Crippen molar-refractivity contribution in [1.82, 2.24) is 9.55 Å². The van der Waals surface area contributed by atoms with E-state index in [1.807, 2.05) is 51.2 Å². The topological polar surface area (TPSA) is 48.6 Å². The zero-order chi connectivity index (χ0) is 36.9. The van der Waals surface area contributed by atoms with E-state index in [9.17, 15) is 0 Å². The Bertz CT molecular complexity index is 2460. The summed E-state index contributed by atoms with van der Waals surface area (Å²) >= 11 is 0. The Morgan fingerprint density at radius 2 is 1.76 bits per heavy atom. The van der Waals surface area contributed by atoms with E-state index in [4.69, 9.17) is 22.2 Å². The molecule has 5 nitrogen and oxygen atoms in total. The van der Waals surface area contributed by atoms with Gasteiger partial charge in [-0.25, -0.2) is 4.98 Å². The minimum Gasteiger partial charge on any atom is -0.512 e. The summed E-state index contributed by atoms with van der Waals surface area (Å²) in [5.41, 5.74) is 9.71. The first-order valence-corrected chi connectivity index (χ1v) is 17.6. The average Bonchev–Trinajstić information content (AvgIpc) is 3.59. The van der Waals surface area contributed by atoms with Crippen molar-refractivity contribution in [1.29, 1.82) is 0 Å². The number of aryl methyl sites for hydroxylation is 2. The van der Waals surface area contributed by atoms with E-state index in [1.54, 1.807) is 0 Å². The van der Waals surface area contributed by atoms with Gasteiger partial charge in [0.15, 0.2) is 0 Å². The van der Waals surface area contributed by atoms with Crippen LogP contribution >= 0.6 is 0 Å². The monoisotopic (exact) mass is 856 g/mol. The fourth-order valence-electron chi connectivity index (χ4n) is 7.36. The maximum Gasteiger partial charge on any atom is 2.00 e. The van der Waals surface area contributed by atoms with Gasteiger partial charge in [0, 0.05) is 31.2 Å². The van der Waals surface area contributed by atoms with E-state index in [0.717, 1.165) is 61.0 Å². The van der Waals surface area contributed by atoms with Gasteiger partial charge in [-0.05, 0) is 97.0 Å². The van der Waals surface area contributed by atoms with Gasteiger partial charge in [-0.15, -0.1) is 29.8 Å². The van der Waals surface area contributed by atoms with Crippen molar-refractivity contribution in [3.63, 3.8) is 0 Å². The molecule has 2 aliphatic rings. The summed E-state index contributed by atoms with van der Waals surface area (Å²) in [5.74, 6) is 1.77. The largest absolute Gasteiger partial charge is 2.00 e. The summed E-state index contributed by atoms with van der Waals surface area (Å²) in [6, 6.07) is 29.8. The van der Waals surface area contributed by atoms with Gasteiger partial charge in [-0.3, -0.25) is 4.99 Å². The predicted octanol–water partition coefficient (Wildman–Crippen LogP) is 11.1. The molecule has 3 heterocycles. The smallest absolute Gasteiger partial charge is 0.512 e. The Morgan fingerprint density at radius 1 is 0.980 bits per heavy atom. The average molecular weight is 857 g/mol. The first kappa shape index (κ1) is 32.7. The second kappa shape index (κ2) is 12.8. The van der Waals surface area contributed by atoms with Crippen molar-refractivity contribution in [2.75, 3.05) is 0 Å². The summed E-state index contributed by atoms with van der Waals surface area (Å²) in [6.45, 7) is 19.1. The van der Waals surface area contributed by atoms with Crippen LogP contribution in [0, 0.1) is 32.9 Å². The van der Waals surface area contributed by atoms with E-state index < -0.39 is 12.0 Å². The molecule has 0 unspecified atom stereocenters. The van der Waals surface area contributed by atoms with Gasteiger partial charge in [0.05, 0.1) is 5.52 Å². The molecule has 6 heteroatoms. The van der Waals surface area contributed by atoms with Crippen molar-refractivity contribution in [3.05, 3.63) is 130 Å². The van der Waals surface area contributed by atoms with Gasteiger partial charge in [-0.2, -0.15) is 5.56 Å². The van der Waals surface area contributed by atoms with E-state index in [-0.39, 0.29) is 44.9 Å². The Kier molecular flexibility index (Phi) is 8.19. The molecular weight excluding hydrogens is 810 g/mol. The third kappa shape index (κ3) is 6.12. The molecule has 0 bridgehead atoms. The number of ether oxygens (including phenoxy) is 2. The summed E-state index contributed by atoms with van der Waals surface area (Å²) < 4.78 is 33.5. The van der Waals surface area contributed by atoms with Crippen molar-refractivity contribution in [3.8, 4) is 17.2 Å².